The van der Waals surface area contributed by atoms with E-state index in [9.17, 15) is 4.39 Å². The highest BCUT2D eigenvalue weighted by molar-refractivity contribution is 9.10. The third-order valence-electron chi connectivity index (χ3n) is 3.84. The summed E-state index contributed by atoms with van der Waals surface area (Å²) in [5.41, 5.74) is 0.884. The number of benzene rings is 1. The number of hydrogen-bond acceptors (Lipinski definition) is 1. The Morgan fingerprint density at radius 3 is 2.76 bits per heavy atom. The molecule has 3 atom stereocenters. The van der Waals surface area contributed by atoms with E-state index in [1.165, 1.54) is 0 Å². The number of halogens is 2. The SMILES string of the molecule is CCNC1CC(c2ccc(Br)cc2F)C1CC. The molecule has 0 aromatic heterocycles. The van der Waals surface area contributed by atoms with Crippen LogP contribution in [0.4, 0.5) is 4.39 Å². The molecular weight excluding hydrogens is 281 g/mol. The zero-order valence-corrected chi connectivity index (χ0v) is 11.9. The predicted molar refractivity (Wildman–Crippen MR) is 72.7 cm³/mol. The van der Waals surface area contributed by atoms with Crippen molar-refractivity contribution in [3.05, 3.63) is 34.1 Å². The van der Waals surface area contributed by atoms with Crippen LogP contribution in [0.2, 0.25) is 0 Å². The van der Waals surface area contributed by atoms with Crippen LogP contribution >= 0.6 is 15.9 Å². The van der Waals surface area contributed by atoms with Gasteiger partial charge in [-0.3, -0.25) is 0 Å². The molecule has 1 aliphatic rings. The normalized spacial score (nSPS) is 27.9. The Morgan fingerprint density at radius 2 is 2.18 bits per heavy atom. The molecule has 0 aliphatic heterocycles. The lowest BCUT2D eigenvalue weighted by Gasteiger charge is -2.45. The van der Waals surface area contributed by atoms with Gasteiger partial charge in [0.2, 0.25) is 0 Å². The van der Waals surface area contributed by atoms with E-state index >= 15 is 0 Å². The Balaban J connectivity index is 2.13. The maximum absolute atomic E-state index is 13.9. The van der Waals surface area contributed by atoms with E-state index in [1.54, 1.807) is 6.07 Å². The maximum Gasteiger partial charge on any atom is 0.127 e. The second-order valence-corrected chi connectivity index (χ2v) is 5.66. The van der Waals surface area contributed by atoms with Gasteiger partial charge in [-0.1, -0.05) is 42.3 Å². The van der Waals surface area contributed by atoms with Crippen molar-refractivity contribution in [1.29, 1.82) is 0 Å². The minimum absolute atomic E-state index is 0.0715. The van der Waals surface area contributed by atoms with Crippen molar-refractivity contribution < 1.29 is 4.39 Å². The lowest BCUT2D eigenvalue weighted by atomic mass is 9.65. The zero-order chi connectivity index (χ0) is 12.4. The molecule has 0 heterocycles. The zero-order valence-electron chi connectivity index (χ0n) is 10.3. The molecule has 1 fully saturated rings. The number of hydrogen-bond donors (Lipinski definition) is 1. The molecule has 1 aromatic rings. The van der Waals surface area contributed by atoms with E-state index in [2.05, 4.69) is 35.1 Å². The van der Waals surface area contributed by atoms with Gasteiger partial charge < -0.3 is 5.32 Å². The van der Waals surface area contributed by atoms with E-state index in [0.717, 1.165) is 29.4 Å². The van der Waals surface area contributed by atoms with Crippen LogP contribution in [0, 0.1) is 11.7 Å². The molecule has 0 bridgehead atoms. The van der Waals surface area contributed by atoms with Crippen molar-refractivity contribution in [2.24, 2.45) is 5.92 Å². The van der Waals surface area contributed by atoms with Crippen LogP contribution < -0.4 is 5.32 Å². The summed E-state index contributed by atoms with van der Waals surface area (Å²) in [6.45, 7) is 5.31. The summed E-state index contributed by atoms with van der Waals surface area (Å²) in [6.07, 6.45) is 2.17. The molecule has 3 heteroatoms. The van der Waals surface area contributed by atoms with E-state index in [0.29, 0.717) is 17.9 Å². The van der Waals surface area contributed by atoms with Crippen LogP contribution in [-0.4, -0.2) is 12.6 Å². The molecule has 0 amide bonds. The van der Waals surface area contributed by atoms with Gasteiger partial charge in [-0.2, -0.15) is 0 Å². The standard InChI is InChI=1S/C14H19BrFN/c1-3-10-12(8-14(10)17-4-2)11-6-5-9(15)7-13(11)16/h5-7,10,12,14,17H,3-4,8H2,1-2H3. The Labute approximate surface area is 111 Å². The summed E-state index contributed by atoms with van der Waals surface area (Å²) in [5.74, 6) is 0.889. The van der Waals surface area contributed by atoms with E-state index in [4.69, 9.17) is 0 Å². The van der Waals surface area contributed by atoms with Crippen LogP contribution in [0.5, 0.6) is 0 Å². The summed E-state index contributed by atoms with van der Waals surface area (Å²) >= 11 is 3.30. The highest BCUT2D eigenvalue weighted by Crippen LogP contribution is 2.45. The van der Waals surface area contributed by atoms with E-state index < -0.39 is 0 Å². The molecule has 1 aliphatic carbocycles. The Bertz CT molecular complexity index is 394. The van der Waals surface area contributed by atoms with Gasteiger partial charge in [-0.25, -0.2) is 4.39 Å². The lowest BCUT2D eigenvalue weighted by molar-refractivity contribution is 0.159. The molecule has 2 rings (SSSR count). The Kier molecular flexibility index (Phi) is 4.21. The minimum Gasteiger partial charge on any atom is -0.314 e. The van der Waals surface area contributed by atoms with Crippen molar-refractivity contribution in [3.8, 4) is 0 Å². The summed E-state index contributed by atoms with van der Waals surface area (Å²) in [4.78, 5) is 0. The third kappa shape index (κ3) is 2.55. The maximum atomic E-state index is 13.9. The van der Waals surface area contributed by atoms with Crippen LogP contribution in [-0.2, 0) is 0 Å². The molecule has 0 spiro atoms. The molecule has 1 saturated carbocycles. The van der Waals surface area contributed by atoms with E-state index in [-0.39, 0.29) is 5.82 Å². The molecular formula is C14H19BrFN. The summed E-state index contributed by atoms with van der Waals surface area (Å²) in [5, 5.41) is 3.48. The fourth-order valence-corrected chi connectivity index (χ4v) is 3.27. The summed E-state index contributed by atoms with van der Waals surface area (Å²) in [7, 11) is 0. The first-order chi connectivity index (χ1) is 8.17. The van der Waals surface area contributed by atoms with Gasteiger partial charge >= 0.3 is 0 Å². The van der Waals surface area contributed by atoms with Gasteiger partial charge in [0.05, 0.1) is 0 Å². The van der Waals surface area contributed by atoms with Crippen LogP contribution in [0.15, 0.2) is 22.7 Å². The molecule has 1 N–H and O–H groups in total. The quantitative estimate of drug-likeness (QED) is 0.883. The first kappa shape index (κ1) is 13.0. The third-order valence-corrected chi connectivity index (χ3v) is 4.33. The molecule has 17 heavy (non-hydrogen) atoms. The number of rotatable bonds is 4. The number of nitrogens with one attached hydrogen (secondary N) is 1. The largest absolute Gasteiger partial charge is 0.314 e. The van der Waals surface area contributed by atoms with Crippen LogP contribution in [0.3, 0.4) is 0 Å². The second kappa shape index (κ2) is 5.49. The van der Waals surface area contributed by atoms with Gasteiger partial charge in [0.15, 0.2) is 0 Å². The molecule has 1 aromatic carbocycles. The smallest absolute Gasteiger partial charge is 0.127 e. The van der Waals surface area contributed by atoms with Crippen molar-refractivity contribution >= 4 is 15.9 Å². The molecule has 0 radical (unpaired) electrons. The highest BCUT2D eigenvalue weighted by atomic mass is 79.9. The average Bonchev–Trinajstić information content (AvgIpc) is 2.26. The minimum atomic E-state index is -0.0715. The van der Waals surface area contributed by atoms with Gasteiger partial charge in [-0.15, -0.1) is 0 Å². The molecule has 3 unspecified atom stereocenters. The molecule has 0 saturated heterocycles. The van der Waals surface area contributed by atoms with Crippen molar-refractivity contribution in [2.75, 3.05) is 6.54 Å². The monoisotopic (exact) mass is 299 g/mol. The highest BCUT2D eigenvalue weighted by Gasteiger charge is 2.40. The fourth-order valence-electron chi connectivity index (χ4n) is 2.93. The summed E-state index contributed by atoms with van der Waals surface area (Å²) in [6, 6.07) is 6.00. The van der Waals surface area contributed by atoms with Crippen LogP contribution in [0.1, 0.15) is 38.2 Å². The van der Waals surface area contributed by atoms with Crippen molar-refractivity contribution in [1.82, 2.24) is 5.32 Å². The Hall–Kier alpha value is -0.410. The van der Waals surface area contributed by atoms with Crippen molar-refractivity contribution in [3.63, 3.8) is 0 Å². The van der Waals surface area contributed by atoms with Crippen molar-refractivity contribution in [2.45, 2.75) is 38.6 Å². The lowest BCUT2D eigenvalue weighted by Crippen LogP contribution is -2.49. The fraction of sp³-hybridized carbons (Fsp3) is 0.571. The Morgan fingerprint density at radius 1 is 1.41 bits per heavy atom. The predicted octanol–water partition coefficient (Wildman–Crippen LogP) is 4.08. The first-order valence-corrected chi connectivity index (χ1v) is 7.15. The van der Waals surface area contributed by atoms with Crippen LogP contribution in [0.25, 0.3) is 0 Å². The molecule has 1 nitrogen and oxygen atoms in total. The van der Waals surface area contributed by atoms with E-state index in [1.807, 2.05) is 12.1 Å². The first-order valence-electron chi connectivity index (χ1n) is 6.35. The second-order valence-electron chi connectivity index (χ2n) is 4.74. The van der Waals surface area contributed by atoms with Gasteiger partial charge in [-0.05, 0) is 42.5 Å². The van der Waals surface area contributed by atoms with Gasteiger partial charge in [0.1, 0.15) is 5.82 Å². The molecule has 94 valence electrons. The topological polar surface area (TPSA) is 12.0 Å². The average molecular weight is 300 g/mol. The van der Waals surface area contributed by atoms with Gasteiger partial charge in [0, 0.05) is 10.5 Å². The van der Waals surface area contributed by atoms with Gasteiger partial charge in [0.25, 0.3) is 0 Å². The summed E-state index contributed by atoms with van der Waals surface area (Å²) < 4.78 is 14.7.